The van der Waals surface area contributed by atoms with E-state index in [1.54, 1.807) is 0 Å². The van der Waals surface area contributed by atoms with Gasteiger partial charge in [0.2, 0.25) is 5.91 Å². The Morgan fingerprint density at radius 3 is 2.58 bits per heavy atom. The summed E-state index contributed by atoms with van der Waals surface area (Å²) in [5, 5.41) is 4.17. The third-order valence-corrected chi connectivity index (χ3v) is 6.21. The highest BCUT2D eigenvalue weighted by Gasteiger charge is 2.32. The molecule has 1 saturated heterocycles. The Labute approximate surface area is 122 Å². The van der Waals surface area contributed by atoms with Gasteiger partial charge in [-0.1, -0.05) is 30.3 Å². The van der Waals surface area contributed by atoms with Gasteiger partial charge in [-0.05, 0) is 19.4 Å². The van der Waals surface area contributed by atoms with Crippen LogP contribution in [0.15, 0.2) is 35.4 Å². The summed E-state index contributed by atoms with van der Waals surface area (Å²) in [5.74, 6) is 2.24. The lowest BCUT2D eigenvalue weighted by atomic mass is 10.1. The van der Waals surface area contributed by atoms with Gasteiger partial charge in [0.1, 0.15) is 0 Å². The van der Waals surface area contributed by atoms with Gasteiger partial charge in [0.25, 0.3) is 0 Å². The van der Waals surface area contributed by atoms with Crippen LogP contribution >= 0.6 is 23.5 Å². The van der Waals surface area contributed by atoms with Crippen LogP contribution in [0.4, 0.5) is 0 Å². The maximum Gasteiger partial charge on any atom is 0.242 e. The fraction of sp³-hybridized carbons (Fsp3) is 0.429. The van der Waals surface area contributed by atoms with Gasteiger partial charge in [0, 0.05) is 11.5 Å². The zero-order valence-electron chi connectivity index (χ0n) is 11.2. The van der Waals surface area contributed by atoms with Crippen LogP contribution in [0.2, 0.25) is 0 Å². The molecule has 5 heteroatoms. The van der Waals surface area contributed by atoms with Crippen LogP contribution in [0, 0.1) is 0 Å². The Balaban J connectivity index is 1.89. The number of carbonyl (C=O) groups excluding carboxylic acids is 1. The molecular weight excluding hydrogens is 276 g/mol. The minimum atomic E-state index is -0.0142. The molecule has 0 bridgehead atoms. The molecule has 1 aliphatic rings. The van der Waals surface area contributed by atoms with Crippen LogP contribution < -0.4 is 5.43 Å². The second-order valence-corrected chi connectivity index (χ2v) is 8.06. The van der Waals surface area contributed by atoms with Gasteiger partial charge in [-0.25, -0.2) is 5.43 Å². The van der Waals surface area contributed by atoms with Crippen LogP contribution in [0.25, 0.3) is 0 Å². The number of hydrogen-bond donors (Lipinski definition) is 1. The third-order valence-electron chi connectivity index (χ3n) is 2.92. The lowest BCUT2D eigenvalue weighted by Gasteiger charge is -2.19. The van der Waals surface area contributed by atoms with Crippen molar-refractivity contribution in [2.75, 3.05) is 11.5 Å². The minimum Gasteiger partial charge on any atom is -0.273 e. The van der Waals surface area contributed by atoms with E-state index < -0.39 is 0 Å². The average Bonchev–Trinajstić information content (AvgIpc) is 2.83. The van der Waals surface area contributed by atoms with E-state index in [-0.39, 0.29) is 9.99 Å². The number of benzene rings is 1. The molecule has 0 aliphatic carbocycles. The second kappa shape index (κ2) is 6.48. The first-order valence-electron chi connectivity index (χ1n) is 6.25. The van der Waals surface area contributed by atoms with Crippen molar-refractivity contribution in [3.63, 3.8) is 0 Å². The van der Waals surface area contributed by atoms with E-state index in [9.17, 15) is 4.79 Å². The molecule has 1 fully saturated rings. The molecule has 0 aromatic heterocycles. The summed E-state index contributed by atoms with van der Waals surface area (Å²) in [5.41, 5.74) is 4.51. The average molecular weight is 294 g/mol. The maximum absolute atomic E-state index is 11.9. The van der Waals surface area contributed by atoms with Gasteiger partial charge in [-0.15, -0.1) is 23.5 Å². The number of rotatable bonds is 4. The SMILES string of the molecule is CC(=NNC(=O)CC1(C)SCCS1)c1ccccc1. The Hall–Kier alpha value is -0.940. The lowest BCUT2D eigenvalue weighted by Crippen LogP contribution is -2.26. The number of thioether (sulfide) groups is 2. The second-order valence-electron chi connectivity index (χ2n) is 4.61. The zero-order chi connectivity index (χ0) is 13.7. The number of carbonyl (C=O) groups is 1. The predicted octanol–water partition coefficient (Wildman–Crippen LogP) is 3.11. The van der Waals surface area contributed by atoms with E-state index >= 15 is 0 Å². The van der Waals surface area contributed by atoms with E-state index in [0.29, 0.717) is 6.42 Å². The van der Waals surface area contributed by atoms with Crippen LogP contribution in [0.5, 0.6) is 0 Å². The van der Waals surface area contributed by atoms with Gasteiger partial charge < -0.3 is 0 Å². The molecule has 0 atom stereocenters. The van der Waals surface area contributed by atoms with Crippen molar-refractivity contribution >= 4 is 35.1 Å². The molecular formula is C14H18N2OS2. The van der Waals surface area contributed by atoms with Crippen LogP contribution in [-0.2, 0) is 4.79 Å². The Bertz CT molecular complexity index is 468. The molecule has 102 valence electrons. The molecule has 0 unspecified atom stereocenters. The van der Waals surface area contributed by atoms with Gasteiger partial charge in [-0.3, -0.25) is 4.79 Å². The first kappa shape index (κ1) is 14.5. The van der Waals surface area contributed by atoms with Crippen molar-refractivity contribution in [2.45, 2.75) is 24.3 Å². The summed E-state index contributed by atoms with van der Waals surface area (Å²) < 4.78 is 0.0141. The Morgan fingerprint density at radius 1 is 1.32 bits per heavy atom. The number of hydrazone groups is 1. The van der Waals surface area contributed by atoms with Crippen molar-refractivity contribution in [1.82, 2.24) is 5.43 Å². The number of hydrogen-bond acceptors (Lipinski definition) is 4. The monoisotopic (exact) mass is 294 g/mol. The van der Waals surface area contributed by atoms with Crippen LogP contribution in [-0.4, -0.2) is 27.2 Å². The van der Waals surface area contributed by atoms with Crippen LogP contribution in [0.1, 0.15) is 25.8 Å². The zero-order valence-corrected chi connectivity index (χ0v) is 12.8. The standard InChI is InChI=1S/C14H18N2OS2/c1-11(12-6-4-3-5-7-12)15-16-13(17)10-14(2)18-8-9-19-14/h3-7H,8-10H2,1-2H3,(H,16,17). The summed E-state index contributed by atoms with van der Waals surface area (Å²) >= 11 is 3.71. The van der Waals surface area contributed by atoms with E-state index in [1.165, 1.54) is 0 Å². The molecule has 1 aliphatic heterocycles. The quantitative estimate of drug-likeness (QED) is 0.685. The van der Waals surface area contributed by atoms with Crippen molar-refractivity contribution in [2.24, 2.45) is 5.10 Å². The van der Waals surface area contributed by atoms with Gasteiger partial charge >= 0.3 is 0 Å². The Kier molecular flexibility index (Phi) is 4.93. The molecule has 0 saturated carbocycles. The minimum absolute atomic E-state index is 0.0141. The first-order valence-corrected chi connectivity index (χ1v) is 8.23. The van der Waals surface area contributed by atoms with Gasteiger partial charge in [-0.2, -0.15) is 5.10 Å². The molecule has 1 amide bonds. The molecule has 0 spiro atoms. The normalized spacial score (nSPS) is 18.3. The molecule has 1 heterocycles. The molecule has 3 nitrogen and oxygen atoms in total. The largest absolute Gasteiger partial charge is 0.273 e. The highest BCUT2D eigenvalue weighted by molar-refractivity contribution is 8.21. The molecule has 19 heavy (non-hydrogen) atoms. The smallest absolute Gasteiger partial charge is 0.242 e. The highest BCUT2D eigenvalue weighted by atomic mass is 32.2. The molecule has 1 aromatic rings. The van der Waals surface area contributed by atoms with E-state index in [2.05, 4.69) is 17.5 Å². The van der Waals surface area contributed by atoms with E-state index in [0.717, 1.165) is 22.8 Å². The van der Waals surface area contributed by atoms with E-state index in [4.69, 9.17) is 0 Å². The molecule has 2 rings (SSSR count). The number of amides is 1. The van der Waals surface area contributed by atoms with Gasteiger partial charge in [0.15, 0.2) is 0 Å². The fourth-order valence-corrected chi connectivity index (χ4v) is 4.71. The lowest BCUT2D eigenvalue weighted by molar-refractivity contribution is -0.121. The van der Waals surface area contributed by atoms with Gasteiger partial charge in [0.05, 0.1) is 16.2 Å². The number of nitrogens with one attached hydrogen (secondary N) is 1. The van der Waals surface area contributed by atoms with Crippen LogP contribution in [0.3, 0.4) is 0 Å². The highest BCUT2D eigenvalue weighted by Crippen LogP contribution is 2.45. The topological polar surface area (TPSA) is 41.5 Å². The molecule has 0 radical (unpaired) electrons. The van der Waals surface area contributed by atoms with Crippen molar-refractivity contribution < 1.29 is 4.79 Å². The fourth-order valence-electron chi connectivity index (χ4n) is 1.88. The third kappa shape index (κ3) is 4.28. The van der Waals surface area contributed by atoms with Crippen molar-refractivity contribution in [1.29, 1.82) is 0 Å². The summed E-state index contributed by atoms with van der Waals surface area (Å²) in [4.78, 5) is 11.9. The molecule has 1 N–H and O–H groups in total. The maximum atomic E-state index is 11.9. The van der Waals surface area contributed by atoms with Crippen molar-refractivity contribution in [3.8, 4) is 0 Å². The summed E-state index contributed by atoms with van der Waals surface area (Å²) in [6.45, 7) is 4.03. The molecule has 1 aromatic carbocycles. The number of nitrogens with zero attached hydrogens (tertiary/aromatic N) is 1. The summed E-state index contributed by atoms with van der Waals surface area (Å²) in [6.07, 6.45) is 0.508. The van der Waals surface area contributed by atoms with Crippen molar-refractivity contribution in [3.05, 3.63) is 35.9 Å². The Morgan fingerprint density at radius 2 is 1.95 bits per heavy atom. The van der Waals surface area contributed by atoms with E-state index in [1.807, 2.05) is 60.8 Å². The summed E-state index contributed by atoms with van der Waals surface area (Å²) in [6, 6.07) is 9.85. The summed E-state index contributed by atoms with van der Waals surface area (Å²) in [7, 11) is 0. The first-order chi connectivity index (χ1) is 9.09. The predicted molar refractivity (Wildman–Crippen MR) is 84.7 cm³/mol.